The van der Waals surface area contributed by atoms with Crippen molar-refractivity contribution in [2.24, 2.45) is 5.11 Å². The average Bonchev–Trinajstić information content (AvgIpc) is 3.67. The Bertz CT molecular complexity index is 988. The third-order valence-electron chi connectivity index (χ3n) is 6.82. The van der Waals surface area contributed by atoms with E-state index in [0.29, 0.717) is 28.4 Å². The Hall–Kier alpha value is -2.70. The summed E-state index contributed by atoms with van der Waals surface area (Å²) in [6.07, 6.45) is 8.72. The molecule has 37 heavy (non-hydrogen) atoms. The lowest BCUT2D eigenvalue weighted by atomic mass is 9.80. The Morgan fingerprint density at radius 1 is 1.30 bits per heavy atom. The summed E-state index contributed by atoms with van der Waals surface area (Å²) in [7, 11) is 3.29. The second-order valence-corrected chi connectivity index (χ2v) is 10.4. The Labute approximate surface area is 222 Å². The minimum atomic E-state index is -1.49. The van der Waals surface area contributed by atoms with Crippen molar-refractivity contribution in [1.82, 2.24) is 16.0 Å². The number of hydrogen-bond donors (Lipinski definition) is 5. The molecule has 0 bridgehead atoms. The van der Waals surface area contributed by atoms with Crippen molar-refractivity contribution in [3.8, 4) is 0 Å². The van der Waals surface area contributed by atoms with Crippen LogP contribution in [0, 0.1) is 0 Å². The number of allylic oxidation sites excluding steroid dienone is 1. The zero-order chi connectivity index (χ0) is 27.4. The molecule has 13 heteroatoms. The highest BCUT2D eigenvalue weighted by molar-refractivity contribution is 8.00. The van der Waals surface area contributed by atoms with E-state index in [0.717, 1.165) is 5.75 Å². The fourth-order valence-corrected chi connectivity index (χ4v) is 6.06. The number of nitrogens with one attached hydrogen (secondary N) is 3. The molecule has 1 aromatic rings. The molecule has 202 valence electrons. The van der Waals surface area contributed by atoms with Crippen molar-refractivity contribution in [2.75, 3.05) is 27.0 Å². The smallest absolute Gasteiger partial charge is 0.423 e. The van der Waals surface area contributed by atoms with E-state index < -0.39 is 7.12 Å². The number of carbonyl (C=O) groups excluding carboxylic acids is 2. The van der Waals surface area contributed by atoms with Crippen molar-refractivity contribution in [3.63, 3.8) is 0 Å². The van der Waals surface area contributed by atoms with Crippen LogP contribution in [-0.2, 0) is 4.74 Å². The van der Waals surface area contributed by atoms with E-state index >= 15 is 0 Å². The number of azide groups is 1. The van der Waals surface area contributed by atoms with Crippen LogP contribution in [0.1, 0.15) is 49.4 Å². The number of hydrogen-bond acceptors (Lipinski definition) is 7. The highest BCUT2D eigenvalue weighted by Crippen LogP contribution is 2.45. The predicted molar refractivity (Wildman–Crippen MR) is 147 cm³/mol. The maximum absolute atomic E-state index is 11.1. The van der Waals surface area contributed by atoms with Crippen LogP contribution >= 0.6 is 11.8 Å². The average molecular weight is 532 g/mol. The first-order valence-electron chi connectivity index (χ1n) is 12.3. The van der Waals surface area contributed by atoms with E-state index in [1.165, 1.54) is 70.5 Å². The number of nitrogens with zero attached hydrogens (tertiary/aromatic N) is 3. The minimum absolute atomic E-state index is 0.00199. The predicted octanol–water partition coefficient (Wildman–Crippen LogP) is 2.10. The molecule has 2 aliphatic carbocycles. The largest absolute Gasteiger partial charge is 0.488 e. The fourth-order valence-electron chi connectivity index (χ4n) is 4.79. The first-order valence-corrected chi connectivity index (χ1v) is 13.3. The van der Waals surface area contributed by atoms with Crippen LogP contribution in [0.3, 0.4) is 0 Å². The zero-order valence-corrected chi connectivity index (χ0v) is 22.6. The maximum atomic E-state index is 11.1. The molecule has 4 unspecified atom stereocenters. The first kappa shape index (κ1) is 30.5. The monoisotopic (exact) mass is 532 g/mol. The standard InChI is InChI=1S/C9H14O.C8H10BNO3.C6H10N2OS.CH3N3/c1-10-9-6-2-4-8(9)5-3-7-9;1-10-8(11)6-2-4-7(5-3-6)9(12)13;1-3-5-4(2-10-3)7-6(9)8-5;1-3-4-2/h4H,2-3,5-7H2,1H3;2-5,12-13H,1H3,(H,10,11);3-5H,2H2,1H3,(H2,7,8,9);1H3. The van der Waals surface area contributed by atoms with Gasteiger partial charge in [-0.2, -0.15) is 11.8 Å². The van der Waals surface area contributed by atoms with E-state index in [1.807, 2.05) is 18.9 Å². The summed E-state index contributed by atoms with van der Waals surface area (Å²) in [4.78, 5) is 24.2. The summed E-state index contributed by atoms with van der Waals surface area (Å²) in [6.45, 7) is 2.16. The van der Waals surface area contributed by atoms with Gasteiger partial charge in [0.15, 0.2) is 0 Å². The number of methoxy groups -OCH3 is 1. The van der Waals surface area contributed by atoms with Crippen LogP contribution in [0.5, 0.6) is 0 Å². The van der Waals surface area contributed by atoms with Crippen LogP contribution in [-0.4, -0.2) is 79.0 Å². The van der Waals surface area contributed by atoms with Gasteiger partial charge in [-0.15, -0.1) is 0 Å². The SMILES string of the molecule is CC1SCC2NC(=O)NC21.CN=[N+]=[N-].CNC(=O)c1ccc(B(O)O)cc1.COC12CCC=C1CCC2. The summed E-state index contributed by atoms with van der Waals surface area (Å²) in [5.41, 5.74) is 9.98. The molecule has 3 fully saturated rings. The lowest BCUT2D eigenvalue weighted by Gasteiger charge is -2.24. The van der Waals surface area contributed by atoms with Crippen LogP contribution in [0.15, 0.2) is 41.0 Å². The van der Waals surface area contributed by atoms with Gasteiger partial charge < -0.3 is 30.7 Å². The summed E-state index contributed by atoms with van der Waals surface area (Å²) >= 11 is 1.91. The third-order valence-corrected chi connectivity index (χ3v) is 8.19. The minimum Gasteiger partial charge on any atom is -0.423 e. The number of carbonyl (C=O) groups is 2. The lowest BCUT2D eigenvalue weighted by molar-refractivity contribution is 0.0280. The van der Waals surface area contributed by atoms with Crippen molar-refractivity contribution >= 4 is 36.3 Å². The van der Waals surface area contributed by atoms with E-state index in [9.17, 15) is 9.59 Å². The molecule has 3 amide bonds. The first-order chi connectivity index (χ1) is 17.7. The molecule has 1 saturated carbocycles. The number of urea groups is 1. The number of benzene rings is 1. The molecule has 0 radical (unpaired) electrons. The molecule has 2 saturated heterocycles. The quantitative estimate of drug-likeness (QED) is 0.0997. The van der Waals surface area contributed by atoms with Crippen LogP contribution in [0.25, 0.3) is 10.4 Å². The zero-order valence-electron chi connectivity index (χ0n) is 21.8. The topological polar surface area (TPSA) is 169 Å². The molecular formula is C24H37BN6O5S. The van der Waals surface area contributed by atoms with Gasteiger partial charge in [-0.1, -0.05) is 30.2 Å². The van der Waals surface area contributed by atoms with Gasteiger partial charge in [0.25, 0.3) is 5.91 Å². The van der Waals surface area contributed by atoms with Gasteiger partial charge in [0.05, 0.1) is 17.7 Å². The van der Waals surface area contributed by atoms with Crippen molar-refractivity contribution in [3.05, 3.63) is 51.9 Å². The number of thioether (sulfide) groups is 1. The van der Waals surface area contributed by atoms with Gasteiger partial charge in [0, 0.05) is 42.7 Å². The normalized spacial score (nSPS) is 26.1. The number of amides is 3. The van der Waals surface area contributed by atoms with Crippen LogP contribution in [0.4, 0.5) is 4.79 Å². The van der Waals surface area contributed by atoms with Gasteiger partial charge in [-0.05, 0) is 60.8 Å². The van der Waals surface area contributed by atoms with Crippen LogP contribution in [0.2, 0.25) is 0 Å². The molecule has 2 aliphatic heterocycles. The van der Waals surface area contributed by atoms with Gasteiger partial charge in [0.2, 0.25) is 0 Å². The number of ether oxygens (including phenoxy) is 1. The Balaban J connectivity index is 0.000000183. The van der Waals surface area contributed by atoms with Crippen molar-refractivity contribution in [2.45, 2.75) is 62.0 Å². The molecular weight excluding hydrogens is 495 g/mol. The third kappa shape index (κ3) is 8.41. The molecule has 4 atom stereocenters. The van der Waals surface area contributed by atoms with E-state index in [1.54, 1.807) is 5.57 Å². The maximum Gasteiger partial charge on any atom is 0.488 e. The van der Waals surface area contributed by atoms with Crippen molar-refractivity contribution in [1.29, 1.82) is 0 Å². The van der Waals surface area contributed by atoms with E-state index in [2.05, 4.69) is 39.0 Å². The molecule has 5 rings (SSSR count). The molecule has 1 aromatic carbocycles. The van der Waals surface area contributed by atoms with Gasteiger partial charge in [-0.25, -0.2) is 4.79 Å². The molecule has 5 N–H and O–H groups in total. The second kappa shape index (κ2) is 14.9. The molecule has 11 nitrogen and oxygen atoms in total. The highest BCUT2D eigenvalue weighted by atomic mass is 32.2. The molecule has 4 aliphatic rings. The van der Waals surface area contributed by atoms with Gasteiger partial charge in [-0.3, -0.25) is 4.79 Å². The summed E-state index contributed by atoms with van der Waals surface area (Å²) < 4.78 is 5.55. The van der Waals surface area contributed by atoms with E-state index in [4.69, 9.17) is 20.3 Å². The summed E-state index contributed by atoms with van der Waals surface area (Å²) in [6, 6.07) is 6.82. The Morgan fingerprint density at radius 2 is 1.97 bits per heavy atom. The fraction of sp³-hybridized carbons (Fsp3) is 0.583. The molecule has 2 heterocycles. The lowest BCUT2D eigenvalue weighted by Crippen LogP contribution is -2.35. The summed E-state index contributed by atoms with van der Waals surface area (Å²) in [5.74, 6) is 0.865. The second-order valence-electron chi connectivity index (χ2n) is 8.97. The molecule has 0 aromatic heterocycles. The number of fused-ring (bicyclic) bond motifs is 2. The molecule has 0 spiro atoms. The number of rotatable bonds is 3. The Kier molecular flexibility index (Phi) is 12.3. The van der Waals surface area contributed by atoms with Crippen molar-refractivity contribution < 1.29 is 24.4 Å². The van der Waals surface area contributed by atoms with Crippen LogP contribution < -0.4 is 21.4 Å². The summed E-state index contributed by atoms with van der Waals surface area (Å²) in [5, 5.41) is 29.3. The van der Waals surface area contributed by atoms with Gasteiger partial charge >= 0.3 is 13.1 Å². The Morgan fingerprint density at radius 3 is 2.49 bits per heavy atom. The van der Waals surface area contributed by atoms with Gasteiger partial charge in [0.1, 0.15) is 0 Å². The highest BCUT2D eigenvalue weighted by Gasteiger charge is 2.41. The van der Waals surface area contributed by atoms with E-state index in [-0.39, 0.29) is 17.5 Å².